The molecular weight excluding hydrogens is 356 g/mol. The molecule has 0 spiro atoms. The molecule has 5 rings (SSSR count). The van der Waals surface area contributed by atoms with Crippen LogP contribution in [-0.2, 0) is 11.3 Å². The summed E-state index contributed by atoms with van der Waals surface area (Å²) in [4.78, 5) is 14.8. The summed E-state index contributed by atoms with van der Waals surface area (Å²) in [6.45, 7) is 2.82. The monoisotopic (exact) mass is 380 g/mol. The van der Waals surface area contributed by atoms with Crippen LogP contribution >= 0.6 is 0 Å². The third-order valence-electron chi connectivity index (χ3n) is 5.96. The van der Waals surface area contributed by atoms with Gasteiger partial charge in [0.1, 0.15) is 6.17 Å². The van der Waals surface area contributed by atoms with Gasteiger partial charge >= 0.3 is 0 Å². The van der Waals surface area contributed by atoms with Crippen LogP contribution in [0.5, 0.6) is 0 Å². The first-order valence-corrected chi connectivity index (χ1v) is 10.2. The highest BCUT2D eigenvalue weighted by Crippen LogP contribution is 2.39. The van der Waals surface area contributed by atoms with E-state index in [1.807, 2.05) is 29.2 Å². The van der Waals surface area contributed by atoms with Crippen LogP contribution in [0.3, 0.4) is 0 Å². The number of carbonyl (C=O) groups excluding carboxylic acids is 1. The van der Waals surface area contributed by atoms with Gasteiger partial charge in [-0.3, -0.25) is 4.79 Å². The standard InChI is InChI=1S/C26H24N2O/c1-19-9-8-14-23-26(19)22(21-12-6-3-7-13-21)18-27(23)24-15-16-25(29)28(24)17-20-10-4-2-5-11-20/h2-14,18,24H,15-17H2,1H3/t24-/m0/s1. The zero-order chi connectivity index (χ0) is 19.8. The van der Waals surface area contributed by atoms with Crippen LogP contribution in [0.4, 0.5) is 0 Å². The second-order valence-electron chi connectivity index (χ2n) is 7.81. The zero-order valence-corrected chi connectivity index (χ0v) is 16.6. The summed E-state index contributed by atoms with van der Waals surface area (Å²) in [7, 11) is 0. The van der Waals surface area contributed by atoms with Crippen LogP contribution in [0.1, 0.15) is 30.1 Å². The highest BCUT2D eigenvalue weighted by molar-refractivity contribution is 5.98. The molecule has 1 aliphatic heterocycles. The van der Waals surface area contributed by atoms with Gasteiger partial charge in [-0.2, -0.15) is 0 Å². The maximum absolute atomic E-state index is 12.8. The van der Waals surface area contributed by atoms with Gasteiger partial charge < -0.3 is 9.47 Å². The van der Waals surface area contributed by atoms with Crippen molar-refractivity contribution in [3.05, 3.63) is 96.2 Å². The van der Waals surface area contributed by atoms with Crippen LogP contribution < -0.4 is 0 Å². The SMILES string of the molecule is Cc1cccc2c1c(-c1ccccc1)cn2[C@@H]1CCC(=O)N1Cc1ccccc1. The lowest BCUT2D eigenvalue weighted by molar-refractivity contribution is -0.130. The predicted molar refractivity (Wildman–Crippen MR) is 117 cm³/mol. The number of rotatable bonds is 4. The molecule has 0 aliphatic carbocycles. The molecule has 0 saturated carbocycles. The van der Waals surface area contributed by atoms with Crippen LogP contribution in [0.2, 0.25) is 0 Å². The highest BCUT2D eigenvalue weighted by Gasteiger charge is 2.33. The highest BCUT2D eigenvalue weighted by atomic mass is 16.2. The van der Waals surface area contributed by atoms with E-state index in [9.17, 15) is 4.79 Å². The predicted octanol–water partition coefficient (Wildman–Crippen LogP) is 5.94. The van der Waals surface area contributed by atoms with E-state index < -0.39 is 0 Å². The fourth-order valence-corrected chi connectivity index (χ4v) is 4.56. The average molecular weight is 380 g/mol. The smallest absolute Gasteiger partial charge is 0.224 e. The van der Waals surface area contributed by atoms with E-state index in [0.29, 0.717) is 13.0 Å². The Bertz CT molecular complexity index is 1160. The molecular formula is C26H24N2O. The molecule has 0 bridgehead atoms. The fourth-order valence-electron chi connectivity index (χ4n) is 4.56. The molecule has 3 nitrogen and oxygen atoms in total. The number of hydrogen-bond acceptors (Lipinski definition) is 1. The maximum atomic E-state index is 12.8. The largest absolute Gasteiger partial charge is 0.326 e. The van der Waals surface area contributed by atoms with Crippen molar-refractivity contribution in [3.8, 4) is 11.1 Å². The molecule has 1 amide bonds. The number of fused-ring (bicyclic) bond motifs is 1. The van der Waals surface area contributed by atoms with Crippen LogP contribution in [0.25, 0.3) is 22.0 Å². The van der Waals surface area contributed by atoms with Crippen LogP contribution in [0, 0.1) is 6.92 Å². The van der Waals surface area contributed by atoms with Crippen molar-refractivity contribution in [2.24, 2.45) is 0 Å². The zero-order valence-electron chi connectivity index (χ0n) is 16.6. The number of nitrogens with zero attached hydrogens (tertiary/aromatic N) is 2. The molecule has 1 saturated heterocycles. The lowest BCUT2D eigenvalue weighted by Crippen LogP contribution is -2.30. The Morgan fingerprint density at radius 2 is 1.62 bits per heavy atom. The summed E-state index contributed by atoms with van der Waals surface area (Å²) in [5.74, 6) is 0.231. The lowest BCUT2D eigenvalue weighted by atomic mass is 10.0. The van der Waals surface area contributed by atoms with Crippen molar-refractivity contribution in [2.75, 3.05) is 0 Å². The van der Waals surface area contributed by atoms with Crippen molar-refractivity contribution in [2.45, 2.75) is 32.5 Å². The van der Waals surface area contributed by atoms with E-state index in [-0.39, 0.29) is 12.1 Å². The molecule has 2 heterocycles. The van der Waals surface area contributed by atoms with Gasteiger partial charge in [0.25, 0.3) is 0 Å². The Kier molecular flexibility index (Phi) is 4.44. The minimum Gasteiger partial charge on any atom is -0.326 e. The van der Waals surface area contributed by atoms with E-state index >= 15 is 0 Å². The number of likely N-dealkylation sites (tertiary alicyclic amines) is 1. The van der Waals surface area contributed by atoms with Gasteiger partial charge in [0.05, 0.1) is 5.52 Å². The van der Waals surface area contributed by atoms with E-state index in [1.54, 1.807) is 0 Å². The van der Waals surface area contributed by atoms with Gasteiger partial charge in [-0.15, -0.1) is 0 Å². The number of amides is 1. The average Bonchev–Trinajstić information content (AvgIpc) is 3.31. The van der Waals surface area contributed by atoms with Gasteiger partial charge in [0, 0.05) is 30.1 Å². The van der Waals surface area contributed by atoms with Gasteiger partial charge in [-0.1, -0.05) is 72.8 Å². The molecule has 1 aliphatic rings. The fraction of sp³-hybridized carbons (Fsp3) is 0.192. The third-order valence-corrected chi connectivity index (χ3v) is 5.96. The molecule has 3 aromatic carbocycles. The Balaban J connectivity index is 1.63. The van der Waals surface area contributed by atoms with E-state index in [0.717, 1.165) is 6.42 Å². The van der Waals surface area contributed by atoms with Crippen molar-refractivity contribution in [1.82, 2.24) is 9.47 Å². The maximum Gasteiger partial charge on any atom is 0.224 e. The summed E-state index contributed by atoms with van der Waals surface area (Å²) >= 11 is 0. The number of aryl methyl sites for hydroxylation is 1. The van der Waals surface area contributed by atoms with Gasteiger partial charge in [0.2, 0.25) is 5.91 Å². The first-order valence-electron chi connectivity index (χ1n) is 10.2. The molecule has 4 aromatic rings. The molecule has 0 unspecified atom stereocenters. The molecule has 3 heteroatoms. The first kappa shape index (κ1) is 17.7. The summed E-state index contributed by atoms with van der Waals surface area (Å²) in [5, 5.41) is 1.28. The summed E-state index contributed by atoms with van der Waals surface area (Å²) in [5.41, 5.74) is 6.08. The third kappa shape index (κ3) is 3.13. The quantitative estimate of drug-likeness (QED) is 0.430. The molecule has 0 N–H and O–H groups in total. The lowest BCUT2D eigenvalue weighted by Gasteiger charge is -2.27. The van der Waals surface area contributed by atoms with Crippen molar-refractivity contribution in [1.29, 1.82) is 0 Å². The Morgan fingerprint density at radius 1 is 0.897 bits per heavy atom. The summed E-state index contributed by atoms with van der Waals surface area (Å²) < 4.78 is 2.32. The topological polar surface area (TPSA) is 25.2 Å². The minimum absolute atomic E-state index is 0.0458. The Morgan fingerprint density at radius 3 is 2.38 bits per heavy atom. The van der Waals surface area contributed by atoms with E-state index in [2.05, 4.69) is 72.3 Å². The van der Waals surface area contributed by atoms with Crippen LogP contribution in [-0.4, -0.2) is 15.4 Å². The second-order valence-corrected chi connectivity index (χ2v) is 7.81. The first-order chi connectivity index (χ1) is 14.2. The van der Waals surface area contributed by atoms with E-state index in [4.69, 9.17) is 0 Å². The minimum atomic E-state index is 0.0458. The normalized spacial score (nSPS) is 16.7. The van der Waals surface area contributed by atoms with Gasteiger partial charge in [-0.25, -0.2) is 0 Å². The second kappa shape index (κ2) is 7.25. The number of aromatic nitrogens is 1. The number of hydrogen-bond donors (Lipinski definition) is 0. The van der Waals surface area contributed by atoms with Gasteiger partial charge in [0.15, 0.2) is 0 Å². The number of carbonyl (C=O) groups is 1. The van der Waals surface area contributed by atoms with E-state index in [1.165, 1.54) is 33.2 Å². The van der Waals surface area contributed by atoms with Crippen molar-refractivity contribution >= 4 is 16.8 Å². The molecule has 144 valence electrons. The summed E-state index contributed by atoms with van der Waals surface area (Å²) in [6, 6.07) is 27.3. The molecule has 1 fully saturated rings. The van der Waals surface area contributed by atoms with Crippen LogP contribution in [0.15, 0.2) is 85.1 Å². The Labute approximate surface area is 171 Å². The number of benzene rings is 3. The summed E-state index contributed by atoms with van der Waals surface area (Å²) in [6.07, 6.45) is 3.74. The Hall–Kier alpha value is -3.33. The van der Waals surface area contributed by atoms with Crippen molar-refractivity contribution in [3.63, 3.8) is 0 Å². The van der Waals surface area contributed by atoms with Gasteiger partial charge in [-0.05, 0) is 36.1 Å². The molecule has 29 heavy (non-hydrogen) atoms. The molecule has 1 aromatic heterocycles. The molecule has 1 atom stereocenters. The molecule has 0 radical (unpaired) electrons. The van der Waals surface area contributed by atoms with Crippen molar-refractivity contribution < 1.29 is 4.79 Å².